The van der Waals surface area contributed by atoms with Gasteiger partial charge in [0.05, 0.1) is 33.3 Å². The zero-order valence-corrected chi connectivity index (χ0v) is 18.8. The van der Waals surface area contributed by atoms with Crippen molar-refractivity contribution in [1.82, 2.24) is 4.98 Å². The first kappa shape index (κ1) is 21.5. The number of esters is 1. The lowest BCUT2D eigenvalue weighted by atomic mass is 9.84. The lowest BCUT2D eigenvalue weighted by molar-refractivity contribution is -0.135. The minimum atomic E-state index is -0.494. The second-order valence-corrected chi connectivity index (χ2v) is 7.73. The highest BCUT2D eigenvalue weighted by Crippen LogP contribution is 2.52. The molecule has 8 heteroatoms. The maximum absolute atomic E-state index is 13.1. The van der Waals surface area contributed by atoms with Crippen molar-refractivity contribution in [2.24, 2.45) is 0 Å². The van der Waals surface area contributed by atoms with E-state index in [4.69, 9.17) is 23.7 Å². The minimum Gasteiger partial charge on any atom is -0.493 e. The highest BCUT2D eigenvalue weighted by atomic mass is 16.5. The van der Waals surface area contributed by atoms with Gasteiger partial charge in [0.2, 0.25) is 11.5 Å². The van der Waals surface area contributed by atoms with E-state index in [1.54, 1.807) is 42.7 Å². The number of methoxy groups -OCH3 is 3. The third kappa shape index (κ3) is 3.44. The van der Waals surface area contributed by atoms with E-state index in [0.717, 1.165) is 5.56 Å². The number of benzene rings is 2. The number of ketones is 1. The van der Waals surface area contributed by atoms with Crippen LogP contribution >= 0.6 is 0 Å². The van der Waals surface area contributed by atoms with E-state index in [-0.39, 0.29) is 18.0 Å². The summed E-state index contributed by atoms with van der Waals surface area (Å²) in [6, 6.07) is 10.4. The molecule has 0 amide bonds. The third-order valence-electron chi connectivity index (χ3n) is 5.87. The molecule has 1 unspecified atom stereocenters. The molecule has 0 saturated heterocycles. The van der Waals surface area contributed by atoms with Crippen molar-refractivity contribution in [3.05, 3.63) is 76.8 Å². The molecule has 0 N–H and O–H groups in total. The fraction of sp³-hybridized carbons (Fsp3) is 0.192. The Bertz CT molecular complexity index is 1330. The molecule has 0 aliphatic carbocycles. The van der Waals surface area contributed by atoms with Crippen LogP contribution < -0.4 is 23.7 Å². The standard InChI is InChI=1S/C26H21NO7/c1-30-19-9-6-15(25(31-2)26(19)32-3)17-12-21(28)33-18-8-7-16-23(29)20(34-24(16)22(17)18)11-14-5-4-10-27-13-14/h4-11,13,17H,12H2,1-3H3/b20-11-. The summed E-state index contributed by atoms with van der Waals surface area (Å²) in [7, 11) is 4.57. The van der Waals surface area contributed by atoms with Crippen LogP contribution in [0.5, 0.6) is 28.7 Å². The predicted molar refractivity (Wildman–Crippen MR) is 122 cm³/mol. The number of hydrogen-bond acceptors (Lipinski definition) is 8. The van der Waals surface area contributed by atoms with Gasteiger partial charge in [0.1, 0.15) is 11.5 Å². The molecule has 172 valence electrons. The van der Waals surface area contributed by atoms with E-state index in [2.05, 4.69) is 4.98 Å². The number of nitrogens with zero attached hydrogens (tertiary/aromatic N) is 1. The van der Waals surface area contributed by atoms with Crippen molar-refractivity contribution in [2.75, 3.05) is 21.3 Å². The second-order valence-electron chi connectivity index (χ2n) is 7.73. The van der Waals surface area contributed by atoms with Crippen molar-refractivity contribution in [1.29, 1.82) is 0 Å². The Labute approximate surface area is 195 Å². The highest BCUT2D eigenvalue weighted by molar-refractivity contribution is 6.15. The van der Waals surface area contributed by atoms with E-state index < -0.39 is 11.9 Å². The smallest absolute Gasteiger partial charge is 0.312 e. The van der Waals surface area contributed by atoms with Gasteiger partial charge in [-0.3, -0.25) is 14.6 Å². The number of pyridine rings is 1. The van der Waals surface area contributed by atoms with Crippen LogP contribution in [-0.4, -0.2) is 38.1 Å². The molecule has 0 bridgehead atoms. The van der Waals surface area contributed by atoms with Gasteiger partial charge in [-0.1, -0.05) is 12.1 Å². The number of carbonyl (C=O) groups excluding carboxylic acids is 2. The molecule has 2 aromatic carbocycles. The van der Waals surface area contributed by atoms with Gasteiger partial charge < -0.3 is 23.7 Å². The molecule has 1 aromatic heterocycles. The highest BCUT2D eigenvalue weighted by Gasteiger charge is 2.40. The Hall–Kier alpha value is -4.33. The molecular weight excluding hydrogens is 438 g/mol. The summed E-state index contributed by atoms with van der Waals surface area (Å²) in [6.45, 7) is 0. The quantitative estimate of drug-likeness (QED) is 0.319. The van der Waals surface area contributed by atoms with Crippen LogP contribution in [0.25, 0.3) is 6.08 Å². The van der Waals surface area contributed by atoms with E-state index >= 15 is 0 Å². The Kier molecular flexibility index (Phi) is 5.41. The molecule has 0 radical (unpaired) electrons. The fourth-order valence-electron chi connectivity index (χ4n) is 4.38. The Balaban J connectivity index is 1.66. The number of rotatable bonds is 5. The fourth-order valence-corrected chi connectivity index (χ4v) is 4.38. The van der Waals surface area contributed by atoms with Crippen molar-refractivity contribution in [2.45, 2.75) is 12.3 Å². The number of allylic oxidation sites excluding steroid dienone is 1. The molecule has 0 fully saturated rings. The predicted octanol–water partition coefficient (Wildman–Crippen LogP) is 4.16. The Morgan fingerprint density at radius 3 is 2.50 bits per heavy atom. The van der Waals surface area contributed by atoms with Gasteiger partial charge >= 0.3 is 5.97 Å². The van der Waals surface area contributed by atoms with E-state index in [0.29, 0.717) is 45.4 Å². The summed E-state index contributed by atoms with van der Waals surface area (Å²) < 4.78 is 28.2. The van der Waals surface area contributed by atoms with Crippen molar-refractivity contribution >= 4 is 17.8 Å². The van der Waals surface area contributed by atoms with E-state index in [1.165, 1.54) is 21.3 Å². The average Bonchev–Trinajstić information content (AvgIpc) is 3.17. The number of ether oxygens (including phenoxy) is 5. The number of carbonyl (C=O) groups is 2. The molecule has 34 heavy (non-hydrogen) atoms. The van der Waals surface area contributed by atoms with Gasteiger partial charge in [-0.15, -0.1) is 0 Å². The number of hydrogen-bond donors (Lipinski definition) is 0. The van der Waals surface area contributed by atoms with Gasteiger partial charge in [-0.25, -0.2) is 0 Å². The molecule has 5 rings (SSSR count). The molecule has 2 aliphatic rings. The maximum atomic E-state index is 13.1. The molecule has 3 heterocycles. The van der Waals surface area contributed by atoms with Gasteiger partial charge in [-0.2, -0.15) is 0 Å². The van der Waals surface area contributed by atoms with Crippen LogP contribution in [-0.2, 0) is 4.79 Å². The Morgan fingerprint density at radius 1 is 0.971 bits per heavy atom. The van der Waals surface area contributed by atoms with Crippen LogP contribution in [0.2, 0.25) is 0 Å². The maximum Gasteiger partial charge on any atom is 0.312 e. The molecule has 1 atom stereocenters. The largest absolute Gasteiger partial charge is 0.493 e. The molecule has 0 spiro atoms. The van der Waals surface area contributed by atoms with Crippen molar-refractivity contribution in [3.8, 4) is 28.7 Å². The molecule has 0 saturated carbocycles. The summed E-state index contributed by atoms with van der Waals surface area (Å²) in [4.78, 5) is 29.7. The average molecular weight is 459 g/mol. The molecule has 2 aliphatic heterocycles. The normalized spacial score (nSPS) is 17.5. The zero-order valence-electron chi connectivity index (χ0n) is 18.8. The first-order valence-electron chi connectivity index (χ1n) is 10.6. The van der Waals surface area contributed by atoms with Crippen LogP contribution in [0.3, 0.4) is 0 Å². The van der Waals surface area contributed by atoms with E-state index in [1.807, 2.05) is 12.1 Å². The zero-order chi connectivity index (χ0) is 23.8. The number of Topliss-reactive ketones (excluding diaryl/α,β-unsaturated/α-hetero) is 1. The SMILES string of the molecule is COc1ccc(C2CC(=O)Oc3ccc4c(c32)O/C(=C\c2cccnc2)C4=O)c(OC)c1OC. The second kappa shape index (κ2) is 8.55. The third-order valence-corrected chi connectivity index (χ3v) is 5.87. The summed E-state index contributed by atoms with van der Waals surface area (Å²) in [5.41, 5.74) is 2.42. The lowest BCUT2D eigenvalue weighted by Gasteiger charge is -2.28. The monoisotopic (exact) mass is 459 g/mol. The van der Waals surface area contributed by atoms with Gasteiger partial charge in [0.25, 0.3) is 0 Å². The summed E-state index contributed by atoms with van der Waals surface area (Å²) >= 11 is 0. The Morgan fingerprint density at radius 2 is 1.79 bits per heavy atom. The van der Waals surface area contributed by atoms with Gasteiger partial charge in [-0.05, 0) is 35.9 Å². The van der Waals surface area contributed by atoms with Crippen molar-refractivity contribution < 1.29 is 33.3 Å². The molecule has 8 nitrogen and oxygen atoms in total. The van der Waals surface area contributed by atoms with Crippen LogP contribution in [0, 0.1) is 0 Å². The molecule has 3 aromatic rings. The van der Waals surface area contributed by atoms with Crippen LogP contribution in [0.4, 0.5) is 0 Å². The summed E-state index contributed by atoms with van der Waals surface area (Å²) in [6.07, 6.45) is 4.97. The topological polar surface area (TPSA) is 93.2 Å². The van der Waals surface area contributed by atoms with Crippen LogP contribution in [0.15, 0.2) is 54.6 Å². The summed E-state index contributed by atoms with van der Waals surface area (Å²) in [5.74, 6) is 1.07. The lowest BCUT2D eigenvalue weighted by Crippen LogP contribution is -2.22. The van der Waals surface area contributed by atoms with E-state index in [9.17, 15) is 9.59 Å². The first-order valence-corrected chi connectivity index (χ1v) is 10.6. The minimum absolute atomic E-state index is 0.0362. The summed E-state index contributed by atoms with van der Waals surface area (Å²) in [5, 5.41) is 0. The molecular formula is C26H21NO7. The van der Waals surface area contributed by atoms with Gasteiger partial charge in [0.15, 0.2) is 17.3 Å². The number of fused-ring (bicyclic) bond motifs is 3. The first-order chi connectivity index (χ1) is 16.5. The van der Waals surface area contributed by atoms with Crippen LogP contribution in [0.1, 0.15) is 39.4 Å². The van der Waals surface area contributed by atoms with Gasteiger partial charge in [0, 0.05) is 29.4 Å². The van der Waals surface area contributed by atoms with Crippen molar-refractivity contribution in [3.63, 3.8) is 0 Å². The number of aromatic nitrogens is 1.